The first-order valence-electron chi connectivity index (χ1n) is 7.98. The highest BCUT2D eigenvalue weighted by atomic mass is 19.4. The largest absolute Gasteiger partial charge is 0.497 e. The van der Waals surface area contributed by atoms with Crippen molar-refractivity contribution in [1.29, 1.82) is 0 Å². The van der Waals surface area contributed by atoms with E-state index in [0.717, 1.165) is 22.9 Å². The van der Waals surface area contributed by atoms with Crippen molar-refractivity contribution >= 4 is 10.9 Å². The summed E-state index contributed by atoms with van der Waals surface area (Å²) in [6, 6.07) is 11.2. The van der Waals surface area contributed by atoms with Crippen LogP contribution in [0.4, 0.5) is 13.2 Å². The molecule has 0 bridgehead atoms. The third-order valence-corrected chi connectivity index (χ3v) is 4.11. The molecule has 0 saturated heterocycles. The van der Waals surface area contributed by atoms with Crippen molar-refractivity contribution in [3.63, 3.8) is 0 Å². The van der Waals surface area contributed by atoms with E-state index in [9.17, 15) is 13.2 Å². The Morgan fingerprint density at radius 3 is 2.44 bits per heavy atom. The maximum atomic E-state index is 12.9. The smallest absolute Gasteiger partial charge is 0.433 e. The van der Waals surface area contributed by atoms with E-state index in [0.29, 0.717) is 11.2 Å². The molecule has 3 heterocycles. The van der Waals surface area contributed by atoms with E-state index in [1.807, 2.05) is 24.3 Å². The van der Waals surface area contributed by atoms with Crippen LogP contribution in [0.5, 0.6) is 5.75 Å². The molecule has 0 amide bonds. The first kappa shape index (κ1) is 17.0. The van der Waals surface area contributed by atoms with Crippen molar-refractivity contribution in [3.8, 4) is 22.7 Å². The number of benzene rings is 1. The van der Waals surface area contributed by atoms with Gasteiger partial charge in [0.2, 0.25) is 0 Å². The number of ether oxygens (including phenoxy) is 1. The molecule has 27 heavy (non-hydrogen) atoms. The summed E-state index contributed by atoms with van der Waals surface area (Å²) in [7, 11) is 1.59. The maximum absolute atomic E-state index is 12.9. The zero-order valence-electron chi connectivity index (χ0n) is 14.1. The molecule has 0 N–H and O–H groups in total. The van der Waals surface area contributed by atoms with Gasteiger partial charge in [-0.15, -0.1) is 0 Å². The van der Waals surface area contributed by atoms with Crippen LogP contribution in [-0.2, 0) is 6.18 Å². The number of fused-ring (bicyclic) bond motifs is 1. The van der Waals surface area contributed by atoms with E-state index in [4.69, 9.17) is 4.74 Å². The predicted octanol–water partition coefficient (Wildman–Crippen LogP) is 4.51. The Labute approximate surface area is 152 Å². The summed E-state index contributed by atoms with van der Waals surface area (Å²) in [6.45, 7) is 0. The summed E-state index contributed by atoms with van der Waals surface area (Å²) in [5.41, 5.74) is 1.04. The van der Waals surface area contributed by atoms with Crippen molar-refractivity contribution in [1.82, 2.24) is 19.7 Å². The summed E-state index contributed by atoms with van der Waals surface area (Å²) < 4.78 is 45.3. The molecule has 0 radical (unpaired) electrons. The predicted molar refractivity (Wildman–Crippen MR) is 93.7 cm³/mol. The number of rotatable bonds is 3. The summed E-state index contributed by atoms with van der Waals surface area (Å²) in [4.78, 5) is 7.96. The lowest BCUT2D eigenvalue weighted by atomic mass is 10.1. The van der Waals surface area contributed by atoms with E-state index >= 15 is 0 Å². The molecule has 0 unspecified atom stereocenters. The topological polar surface area (TPSA) is 52.8 Å². The summed E-state index contributed by atoms with van der Waals surface area (Å²) in [5, 5.41) is 4.78. The average molecular weight is 370 g/mol. The average Bonchev–Trinajstić information content (AvgIpc) is 3.16. The Balaban J connectivity index is 1.75. The Kier molecular flexibility index (Phi) is 4.02. The van der Waals surface area contributed by atoms with Crippen LogP contribution >= 0.6 is 0 Å². The standard InChI is InChI=1S/C19H13F3N4O/c1-27-14-4-2-12(3-5-14)13-10-24-26(11-13)18-15-6-7-17(19(20,21)22)25-16(15)8-9-23-18/h2-11H,1H3. The van der Waals surface area contributed by atoms with Gasteiger partial charge in [0, 0.05) is 23.3 Å². The molecule has 4 aromatic rings. The first-order valence-corrected chi connectivity index (χ1v) is 7.98. The van der Waals surface area contributed by atoms with E-state index in [-0.39, 0.29) is 5.52 Å². The van der Waals surface area contributed by atoms with Crippen LogP contribution < -0.4 is 4.74 Å². The molecule has 0 spiro atoms. The van der Waals surface area contributed by atoms with E-state index in [2.05, 4.69) is 15.1 Å². The van der Waals surface area contributed by atoms with Crippen molar-refractivity contribution in [3.05, 3.63) is 66.7 Å². The number of methoxy groups -OCH3 is 1. The van der Waals surface area contributed by atoms with E-state index < -0.39 is 11.9 Å². The zero-order chi connectivity index (χ0) is 19.0. The van der Waals surface area contributed by atoms with Crippen molar-refractivity contribution in [2.75, 3.05) is 7.11 Å². The van der Waals surface area contributed by atoms with Gasteiger partial charge in [-0.2, -0.15) is 18.3 Å². The number of hydrogen-bond acceptors (Lipinski definition) is 4. The van der Waals surface area contributed by atoms with Gasteiger partial charge in [-0.25, -0.2) is 14.6 Å². The molecule has 0 aliphatic rings. The quantitative estimate of drug-likeness (QED) is 0.532. The second kappa shape index (κ2) is 6.39. The minimum Gasteiger partial charge on any atom is -0.497 e. The van der Waals surface area contributed by atoms with Crippen LogP contribution in [0.3, 0.4) is 0 Å². The molecule has 1 aromatic carbocycles. The van der Waals surface area contributed by atoms with Gasteiger partial charge in [-0.1, -0.05) is 12.1 Å². The molecule has 0 aliphatic carbocycles. The van der Waals surface area contributed by atoms with Gasteiger partial charge in [0.05, 0.1) is 18.8 Å². The maximum Gasteiger partial charge on any atom is 0.433 e. The van der Waals surface area contributed by atoms with Crippen LogP contribution in [0.15, 0.2) is 61.1 Å². The Morgan fingerprint density at radius 2 is 1.74 bits per heavy atom. The molecule has 136 valence electrons. The molecule has 8 heteroatoms. The molecular formula is C19H13F3N4O. The van der Waals surface area contributed by atoms with Gasteiger partial charge in [-0.3, -0.25) is 0 Å². The Hall–Kier alpha value is -3.42. The van der Waals surface area contributed by atoms with Gasteiger partial charge in [-0.05, 0) is 35.9 Å². The lowest BCUT2D eigenvalue weighted by Crippen LogP contribution is -2.08. The second-order valence-corrected chi connectivity index (χ2v) is 5.80. The highest BCUT2D eigenvalue weighted by molar-refractivity contribution is 5.85. The summed E-state index contributed by atoms with van der Waals surface area (Å²) in [5.74, 6) is 1.15. The Bertz CT molecular complexity index is 1100. The minimum atomic E-state index is -4.50. The lowest BCUT2D eigenvalue weighted by Gasteiger charge is -2.09. The second-order valence-electron chi connectivity index (χ2n) is 5.80. The number of alkyl halides is 3. The van der Waals surface area contributed by atoms with Crippen molar-refractivity contribution in [2.24, 2.45) is 0 Å². The molecular weight excluding hydrogens is 357 g/mol. The molecule has 4 rings (SSSR count). The van der Waals surface area contributed by atoms with Gasteiger partial charge in [0.1, 0.15) is 11.4 Å². The molecule has 0 atom stereocenters. The van der Waals surface area contributed by atoms with E-state index in [1.165, 1.54) is 23.0 Å². The van der Waals surface area contributed by atoms with Crippen LogP contribution in [0, 0.1) is 0 Å². The lowest BCUT2D eigenvalue weighted by molar-refractivity contribution is -0.140. The van der Waals surface area contributed by atoms with Gasteiger partial charge in [0.25, 0.3) is 0 Å². The number of hydrogen-bond donors (Lipinski definition) is 0. The zero-order valence-corrected chi connectivity index (χ0v) is 14.1. The third kappa shape index (κ3) is 3.21. The molecule has 5 nitrogen and oxygen atoms in total. The molecule has 0 aliphatic heterocycles. The van der Waals surface area contributed by atoms with Crippen molar-refractivity contribution < 1.29 is 17.9 Å². The van der Waals surface area contributed by atoms with Gasteiger partial charge < -0.3 is 4.74 Å². The first-order chi connectivity index (χ1) is 13.0. The highest BCUT2D eigenvalue weighted by Crippen LogP contribution is 2.30. The Morgan fingerprint density at radius 1 is 0.963 bits per heavy atom. The summed E-state index contributed by atoms with van der Waals surface area (Å²) >= 11 is 0. The minimum absolute atomic E-state index is 0.205. The van der Waals surface area contributed by atoms with E-state index in [1.54, 1.807) is 19.5 Å². The molecule has 0 saturated carbocycles. The number of halogens is 3. The van der Waals surface area contributed by atoms with Crippen LogP contribution in [0.25, 0.3) is 27.8 Å². The molecule has 0 fully saturated rings. The highest BCUT2D eigenvalue weighted by Gasteiger charge is 2.32. The fraction of sp³-hybridized carbons (Fsp3) is 0.105. The van der Waals surface area contributed by atoms with Crippen LogP contribution in [0.1, 0.15) is 5.69 Å². The van der Waals surface area contributed by atoms with Crippen molar-refractivity contribution in [2.45, 2.75) is 6.18 Å². The third-order valence-electron chi connectivity index (χ3n) is 4.11. The van der Waals surface area contributed by atoms with Gasteiger partial charge >= 0.3 is 6.18 Å². The number of pyridine rings is 2. The molecule has 3 aromatic heterocycles. The fourth-order valence-electron chi connectivity index (χ4n) is 2.75. The van der Waals surface area contributed by atoms with Crippen LogP contribution in [0.2, 0.25) is 0 Å². The fourth-order valence-corrected chi connectivity index (χ4v) is 2.75. The number of aromatic nitrogens is 4. The normalized spacial score (nSPS) is 11.7. The van der Waals surface area contributed by atoms with Gasteiger partial charge in [0.15, 0.2) is 5.82 Å². The monoisotopic (exact) mass is 370 g/mol. The summed E-state index contributed by atoms with van der Waals surface area (Å²) in [6.07, 6.45) is 0.353. The van der Waals surface area contributed by atoms with Crippen LogP contribution in [-0.4, -0.2) is 26.9 Å². The SMILES string of the molecule is COc1ccc(-c2cnn(-c3nccc4nc(C(F)(F)F)ccc34)c2)cc1. The number of nitrogens with zero attached hydrogens (tertiary/aromatic N) is 4.